The second-order valence-corrected chi connectivity index (χ2v) is 4.49. The lowest BCUT2D eigenvalue weighted by atomic mass is 9.97. The molecule has 0 spiro atoms. The van der Waals surface area contributed by atoms with Crippen LogP contribution in [0.15, 0.2) is 60.7 Å². The monoisotopic (exact) mass is 236 g/mol. The van der Waals surface area contributed by atoms with Gasteiger partial charge < -0.3 is 0 Å². The van der Waals surface area contributed by atoms with Gasteiger partial charge in [0, 0.05) is 0 Å². The molecule has 0 amide bonds. The summed E-state index contributed by atoms with van der Waals surface area (Å²) in [5, 5.41) is 2.41. The van der Waals surface area contributed by atoms with E-state index in [1.807, 2.05) is 30.3 Å². The molecule has 3 aromatic carbocycles. The van der Waals surface area contributed by atoms with Crippen LogP contribution < -0.4 is 0 Å². The smallest absolute Gasteiger partial charge is 0.126 e. The van der Waals surface area contributed by atoms with E-state index in [2.05, 4.69) is 24.3 Å². The minimum Gasteiger partial charge on any atom is -0.207 e. The number of aryl methyl sites for hydroxylation is 1. The first-order chi connectivity index (χ1) is 8.75. The molecule has 0 saturated carbocycles. The summed E-state index contributed by atoms with van der Waals surface area (Å²) in [6.07, 6.45) is 0. The fourth-order valence-electron chi connectivity index (χ4n) is 2.29. The highest BCUT2D eigenvalue weighted by Crippen LogP contribution is 2.29. The predicted octanol–water partition coefficient (Wildman–Crippen LogP) is 4.95. The number of hydrogen-bond donors (Lipinski definition) is 0. The molecule has 18 heavy (non-hydrogen) atoms. The van der Waals surface area contributed by atoms with E-state index >= 15 is 0 Å². The molecule has 0 aliphatic carbocycles. The predicted molar refractivity (Wildman–Crippen MR) is 74.1 cm³/mol. The Balaban J connectivity index is 2.28. The first-order valence-corrected chi connectivity index (χ1v) is 6.00. The van der Waals surface area contributed by atoms with Gasteiger partial charge in [-0.1, -0.05) is 48.5 Å². The van der Waals surface area contributed by atoms with E-state index in [0.717, 1.165) is 11.1 Å². The first-order valence-electron chi connectivity index (χ1n) is 6.00. The Morgan fingerprint density at radius 2 is 1.61 bits per heavy atom. The van der Waals surface area contributed by atoms with Gasteiger partial charge in [0.1, 0.15) is 5.82 Å². The standard InChI is InChI=1S/C17H13F/c1-12-11-14(9-10-17(12)18)16-8-4-6-13-5-2-3-7-15(13)16/h2-11H,1H3. The Hall–Kier alpha value is -2.15. The molecule has 0 unspecified atom stereocenters. The van der Waals surface area contributed by atoms with Gasteiger partial charge in [-0.05, 0) is 46.5 Å². The highest BCUT2D eigenvalue weighted by molar-refractivity contribution is 5.96. The number of halogens is 1. The normalized spacial score (nSPS) is 10.8. The van der Waals surface area contributed by atoms with Crippen LogP contribution in [0.5, 0.6) is 0 Å². The average Bonchev–Trinajstić information content (AvgIpc) is 2.41. The van der Waals surface area contributed by atoms with Gasteiger partial charge in [-0.2, -0.15) is 0 Å². The summed E-state index contributed by atoms with van der Waals surface area (Å²) >= 11 is 0. The fraction of sp³-hybridized carbons (Fsp3) is 0.0588. The van der Waals surface area contributed by atoms with Gasteiger partial charge >= 0.3 is 0 Å². The van der Waals surface area contributed by atoms with Crippen molar-refractivity contribution < 1.29 is 4.39 Å². The van der Waals surface area contributed by atoms with Crippen molar-refractivity contribution in [3.8, 4) is 11.1 Å². The molecule has 0 radical (unpaired) electrons. The third-order valence-corrected chi connectivity index (χ3v) is 3.26. The molecule has 0 fully saturated rings. The van der Waals surface area contributed by atoms with E-state index < -0.39 is 0 Å². The largest absolute Gasteiger partial charge is 0.207 e. The van der Waals surface area contributed by atoms with E-state index in [0.29, 0.717) is 5.56 Å². The van der Waals surface area contributed by atoms with Crippen LogP contribution in [0, 0.1) is 12.7 Å². The molecule has 0 atom stereocenters. The Morgan fingerprint density at radius 3 is 2.44 bits per heavy atom. The zero-order valence-electron chi connectivity index (χ0n) is 10.2. The molecular formula is C17H13F. The maximum absolute atomic E-state index is 13.3. The molecule has 0 aliphatic heterocycles. The summed E-state index contributed by atoms with van der Waals surface area (Å²) in [5.41, 5.74) is 2.89. The van der Waals surface area contributed by atoms with Crippen molar-refractivity contribution in [1.82, 2.24) is 0 Å². The Morgan fingerprint density at radius 1 is 0.833 bits per heavy atom. The van der Waals surface area contributed by atoms with Crippen LogP contribution in [0.25, 0.3) is 21.9 Å². The third-order valence-electron chi connectivity index (χ3n) is 3.26. The van der Waals surface area contributed by atoms with Gasteiger partial charge in [0.25, 0.3) is 0 Å². The molecule has 1 heteroatoms. The quantitative estimate of drug-likeness (QED) is 0.560. The summed E-state index contributed by atoms with van der Waals surface area (Å²) in [6, 6.07) is 19.7. The van der Waals surface area contributed by atoms with Gasteiger partial charge in [0.15, 0.2) is 0 Å². The van der Waals surface area contributed by atoms with Gasteiger partial charge in [-0.15, -0.1) is 0 Å². The van der Waals surface area contributed by atoms with E-state index in [9.17, 15) is 4.39 Å². The third kappa shape index (κ3) is 1.78. The number of fused-ring (bicyclic) bond motifs is 1. The maximum atomic E-state index is 13.3. The molecule has 0 aliphatic rings. The molecule has 0 nitrogen and oxygen atoms in total. The molecular weight excluding hydrogens is 223 g/mol. The highest BCUT2D eigenvalue weighted by atomic mass is 19.1. The Bertz CT molecular complexity index is 708. The zero-order chi connectivity index (χ0) is 12.5. The molecule has 0 saturated heterocycles. The summed E-state index contributed by atoms with van der Waals surface area (Å²) in [4.78, 5) is 0. The lowest BCUT2D eigenvalue weighted by Gasteiger charge is -2.08. The van der Waals surface area contributed by atoms with E-state index in [1.165, 1.54) is 16.8 Å². The van der Waals surface area contributed by atoms with Crippen molar-refractivity contribution in [1.29, 1.82) is 0 Å². The van der Waals surface area contributed by atoms with Crippen molar-refractivity contribution >= 4 is 10.8 Å². The molecule has 3 rings (SSSR count). The van der Waals surface area contributed by atoms with Crippen LogP contribution in [0.2, 0.25) is 0 Å². The van der Waals surface area contributed by atoms with Gasteiger partial charge in [-0.25, -0.2) is 4.39 Å². The minimum absolute atomic E-state index is 0.154. The summed E-state index contributed by atoms with van der Waals surface area (Å²) in [5.74, 6) is -0.154. The highest BCUT2D eigenvalue weighted by Gasteiger charge is 2.05. The van der Waals surface area contributed by atoms with E-state index in [1.54, 1.807) is 6.92 Å². The SMILES string of the molecule is Cc1cc(-c2cccc3ccccc23)ccc1F. The lowest BCUT2D eigenvalue weighted by Crippen LogP contribution is -1.85. The lowest BCUT2D eigenvalue weighted by molar-refractivity contribution is 0.619. The molecule has 0 N–H and O–H groups in total. The van der Waals surface area contributed by atoms with Crippen molar-refractivity contribution in [2.75, 3.05) is 0 Å². The van der Waals surface area contributed by atoms with Crippen LogP contribution in [-0.2, 0) is 0 Å². The van der Waals surface area contributed by atoms with Crippen LogP contribution >= 0.6 is 0 Å². The summed E-state index contributed by atoms with van der Waals surface area (Å²) in [6.45, 7) is 1.80. The second-order valence-electron chi connectivity index (χ2n) is 4.49. The molecule has 0 bridgehead atoms. The minimum atomic E-state index is -0.154. The number of benzene rings is 3. The second kappa shape index (κ2) is 4.26. The molecule has 0 heterocycles. The van der Waals surface area contributed by atoms with Crippen molar-refractivity contribution in [2.24, 2.45) is 0 Å². The summed E-state index contributed by atoms with van der Waals surface area (Å²) in [7, 11) is 0. The summed E-state index contributed by atoms with van der Waals surface area (Å²) < 4.78 is 13.3. The van der Waals surface area contributed by atoms with Crippen LogP contribution in [-0.4, -0.2) is 0 Å². The van der Waals surface area contributed by atoms with Gasteiger partial charge in [0.2, 0.25) is 0 Å². The Kier molecular flexibility index (Phi) is 2.60. The zero-order valence-corrected chi connectivity index (χ0v) is 10.2. The average molecular weight is 236 g/mol. The molecule has 3 aromatic rings. The maximum Gasteiger partial charge on any atom is 0.126 e. The van der Waals surface area contributed by atoms with Crippen molar-refractivity contribution in [3.05, 3.63) is 72.0 Å². The van der Waals surface area contributed by atoms with Crippen LogP contribution in [0.4, 0.5) is 4.39 Å². The van der Waals surface area contributed by atoms with Gasteiger partial charge in [0.05, 0.1) is 0 Å². The fourth-order valence-corrected chi connectivity index (χ4v) is 2.29. The number of rotatable bonds is 1. The first kappa shape index (κ1) is 11.0. The topological polar surface area (TPSA) is 0 Å². The van der Waals surface area contributed by atoms with E-state index in [4.69, 9.17) is 0 Å². The van der Waals surface area contributed by atoms with Crippen molar-refractivity contribution in [2.45, 2.75) is 6.92 Å². The molecule has 88 valence electrons. The Labute approximate surface area is 106 Å². The van der Waals surface area contributed by atoms with Crippen molar-refractivity contribution in [3.63, 3.8) is 0 Å². The molecule has 0 aromatic heterocycles. The van der Waals surface area contributed by atoms with Crippen LogP contribution in [0.1, 0.15) is 5.56 Å². The van der Waals surface area contributed by atoms with Crippen LogP contribution in [0.3, 0.4) is 0 Å². The number of hydrogen-bond acceptors (Lipinski definition) is 0. The van der Waals surface area contributed by atoms with E-state index in [-0.39, 0.29) is 5.82 Å². The van der Waals surface area contributed by atoms with Gasteiger partial charge in [-0.3, -0.25) is 0 Å².